The van der Waals surface area contributed by atoms with Crippen molar-refractivity contribution >= 4 is 11.6 Å². The highest BCUT2D eigenvalue weighted by Crippen LogP contribution is 2.37. The predicted molar refractivity (Wildman–Crippen MR) is 104 cm³/mol. The van der Waals surface area contributed by atoms with Crippen molar-refractivity contribution in [2.45, 2.75) is 32.9 Å². The van der Waals surface area contributed by atoms with Crippen LogP contribution in [-0.2, 0) is 13.0 Å². The van der Waals surface area contributed by atoms with Crippen molar-refractivity contribution in [2.24, 2.45) is 5.92 Å². The Bertz CT molecular complexity index is 745. The lowest BCUT2D eigenvalue weighted by atomic mass is 10.0. The lowest BCUT2D eigenvalue weighted by molar-refractivity contribution is 0.140. The number of hydrogen-bond donors (Lipinski definition) is 1. The van der Waals surface area contributed by atoms with Crippen molar-refractivity contribution in [1.82, 2.24) is 14.9 Å². The van der Waals surface area contributed by atoms with Crippen molar-refractivity contribution in [3.05, 3.63) is 47.0 Å². The second-order valence-electron chi connectivity index (χ2n) is 6.69. The normalized spacial score (nSPS) is 20.0. The third-order valence-electron chi connectivity index (χ3n) is 4.63. The number of aromatic nitrogens is 2. The quantitative estimate of drug-likeness (QED) is 0.746. The van der Waals surface area contributed by atoms with Crippen LogP contribution < -0.4 is 9.47 Å². The molecule has 1 aliphatic heterocycles. The Kier molecular flexibility index (Phi) is 6.88. The molecule has 1 saturated heterocycles. The first kappa shape index (κ1) is 19.9. The molecule has 146 valence electrons. The van der Waals surface area contributed by atoms with Crippen LogP contribution in [0.25, 0.3) is 0 Å². The van der Waals surface area contributed by atoms with Crippen molar-refractivity contribution < 1.29 is 14.6 Å². The Morgan fingerprint density at radius 3 is 2.70 bits per heavy atom. The maximum Gasteiger partial charge on any atom is 0.179 e. The number of nitrogens with zero attached hydrogens (tertiary/aromatic N) is 3. The maximum absolute atomic E-state index is 10.4. The van der Waals surface area contributed by atoms with Crippen LogP contribution in [0.2, 0.25) is 5.02 Å². The number of β-amino-alcohol motifs (C(OH)–C–C–N with tert-alkyl or cyclic N) is 1. The summed E-state index contributed by atoms with van der Waals surface area (Å²) in [5.41, 5.74) is 1.95. The molecule has 0 unspecified atom stereocenters. The van der Waals surface area contributed by atoms with Gasteiger partial charge in [-0.25, -0.2) is 0 Å². The highest BCUT2D eigenvalue weighted by Gasteiger charge is 2.31. The number of benzene rings is 1. The van der Waals surface area contributed by atoms with Crippen LogP contribution in [0.3, 0.4) is 0 Å². The minimum absolute atomic E-state index is 0.145. The van der Waals surface area contributed by atoms with Gasteiger partial charge in [-0.2, -0.15) is 0 Å². The second-order valence-corrected chi connectivity index (χ2v) is 7.10. The lowest BCUT2D eigenvalue weighted by Crippen LogP contribution is -2.21. The second kappa shape index (κ2) is 9.35. The molecule has 2 aromatic rings. The molecule has 0 bridgehead atoms. The monoisotopic (exact) mass is 391 g/mol. The molecule has 1 aromatic carbocycles. The number of ether oxygens (including phenoxy) is 2. The molecule has 1 fully saturated rings. The van der Waals surface area contributed by atoms with Gasteiger partial charge in [0.05, 0.1) is 30.0 Å². The minimum atomic E-state index is -0.378. The molecule has 1 N–H and O–H groups in total. The molecule has 1 aliphatic rings. The number of aliphatic hydroxyl groups excluding tert-OH is 1. The molecule has 0 aliphatic carbocycles. The van der Waals surface area contributed by atoms with E-state index in [9.17, 15) is 5.11 Å². The summed E-state index contributed by atoms with van der Waals surface area (Å²) in [6.45, 7) is 7.05. The highest BCUT2D eigenvalue weighted by molar-refractivity contribution is 6.32. The summed E-state index contributed by atoms with van der Waals surface area (Å²) in [6, 6.07) is 3.89. The highest BCUT2D eigenvalue weighted by atomic mass is 35.5. The maximum atomic E-state index is 10.4. The van der Waals surface area contributed by atoms with Crippen LogP contribution in [0, 0.1) is 5.92 Å². The van der Waals surface area contributed by atoms with Gasteiger partial charge in [-0.1, -0.05) is 11.6 Å². The molecule has 27 heavy (non-hydrogen) atoms. The molecule has 0 amide bonds. The number of aliphatic hydroxyl groups is 1. The van der Waals surface area contributed by atoms with Gasteiger partial charge in [0.25, 0.3) is 0 Å². The van der Waals surface area contributed by atoms with E-state index >= 15 is 0 Å². The van der Waals surface area contributed by atoms with E-state index in [2.05, 4.69) is 14.9 Å². The van der Waals surface area contributed by atoms with Gasteiger partial charge < -0.3 is 14.6 Å². The topological polar surface area (TPSA) is 67.7 Å². The van der Waals surface area contributed by atoms with E-state index in [4.69, 9.17) is 21.1 Å². The van der Waals surface area contributed by atoms with E-state index in [1.807, 2.05) is 26.0 Å². The summed E-state index contributed by atoms with van der Waals surface area (Å²) in [5, 5.41) is 11.0. The largest absolute Gasteiger partial charge is 0.490 e. The van der Waals surface area contributed by atoms with Gasteiger partial charge in [-0.15, -0.1) is 0 Å². The Hall–Kier alpha value is -1.89. The van der Waals surface area contributed by atoms with Gasteiger partial charge in [-0.3, -0.25) is 14.9 Å². The zero-order chi connectivity index (χ0) is 19.2. The summed E-state index contributed by atoms with van der Waals surface area (Å²) < 4.78 is 11.3. The molecule has 1 aromatic heterocycles. The molecule has 2 atom stereocenters. The summed E-state index contributed by atoms with van der Waals surface area (Å²) in [4.78, 5) is 10.6. The van der Waals surface area contributed by atoms with E-state index in [1.165, 1.54) is 0 Å². The average Bonchev–Trinajstić information content (AvgIpc) is 2.98. The van der Waals surface area contributed by atoms with Crippen LogP contribution in [0.5, 0.6) is 11.5 Å². The molecule has 6 nitrogen and oxygen atoms in total. The summed E-state index contributed by atoms with van der Waals surface area (Å²) in [7, 11) is 0. The third kappa shape index (κ3) is 5.09. The SMILES string of the molecule is CCOc1cc(CN2C[C@@H](Cc3cnccn3)[C@H](O)C2)cc(Cl)c1OCC. The smallest absolute Gasteiger partial charge is 0.179 e. The first-order valence-corrected chi connectivity index (χ1v) is 9.71. The zero-order valence-electron chi connectivity index (χ0n) is 15.8. The summed E-state index contributed by atoms with van der Waals surface area (Å²) >= 11 is 6.41. The third-order valence-corrected chi connectivity index (χ3v) is 4.91. The van der Waals surface area contributed by atoms with Crippen LogP contribution >= 0.6 is 11.6 Å². The minimum Gasteiger partial charge on any atom is -0.490 e. The Labute approximate surface area is 165 Å². The Balaban J connectivity index is 1.68. The lowest BCUT2D eigenvalue weighted by Gasteiger charge is -2.18. The first-order chi connectivity index (χ1) is 13.1. The average molecular weight is 392 g/mol. The zero-order valence-corrected chi connectivity index (χ0v) is 16.5. The number of hydrogen-bond acceptors (Lipinski definition) is 6. The van der Waals surface area contributed by atoms with Gasteiger partial charge in [0.2, 0.25) is 0 Å². The molecule has 0 radical (unpaired) electrons. The molecule has 2 heterocycles. The van der Waals surface area contributed by atoms with E-state index in [-0.39, 0.29) is 12.0 Å². The summed E-state index contributed by atoms with van der Waals surface area (Å²) in [5.74, 6) is 1.40. The van der Waals surface area contributed by atoms with Crippen molar-refractivity contribution in [1.29, 1.82) is 0 Å². The number of rotatable bonds is 8. The fourth-order valence-electron chi connectivity index (χ4n) is 3.49. The molecular weight excluding hydrogens is 366 g/mol. The van der Waals surface area contributed by atoms with Crippen molar-refractivity contribution in [2.75, 3.05) is 26.3 Å². The molecule has 0 saturated carbocycles. The van der Waals surface area contributed by atoms with Gasteiger partial charge in [0.15, 0.2) is 11.5 Å². The van der Waals surface area contributed by atoms with Crippen LogP contribution in [0.1, 0.15) is 25.1 Å². The van der Waals surface area contributed by atoms with E-state index in [0.717, 1.165) is 24.2 Å². The Morgan fingerprint density at radius 1 is 1.19 bits per heavy atom. The van der Waals surface area contributed by atoms with Crippen LogP contribution in [0.15, 0.2) is 30.7 Å². The summed E-state index contributed by atoms with van der Waals surface area (Å²) in [6.07, 6.45) is 5.45. The van der Waals surface area contributed by atoms with Gasteiger partial charge in [-0.05, 0) is 38.0 Å². The van der Waals surface area contributed by atoms with Crippen LogP contribution in [0.4, 0.5) is 0 Å². The Morgan fingerprint density at radius 2 is 2.00 bits per heavy atom. The van der Waals surface area contributed by atoms with Crippen molar-refractivity contribution in [3.63, 3.8) is 0 Å². The van der Waals surface area contributed by atoms with E-state index < -0.39 is 0 Å². The molecular formula is C20H26ClN3O3. The fourth-order valence-corrected chi connectivity index (χ4v) is 3.78. The standard InChI is InChI=1S/C20H26ClN3O3/c1-3-26-19-8-14(7-17(21)20(19)27-4-2)11-24-12-15(18(25)13-24)9-16-10-22-5-6-23-16/h5-8,10,15,18,25H,3-4,9,11-13H2,1-2H3/t15-,18-/m1/s1. The molecule has 3 rings (SSSR count). The van der Waals surface area contributed by atoms with Gasteiger partial charge in [0.1, 0.15) is 0 Å². The first-order valence-electron chi connectivity index (χ1n) is 9.34. The van der Waals surface area contributed by atoms with E-state index in [1.54, 1.807) is 18.6 Å². The fraction of sp³-hybridized carbons (Fsp3) is 0.500. The van der Waals surface area contributed by atoms with Crippen molar-refractivity contribution in [3.8, 4) is 11.5 Å². The van der Waals surface area contributed by atoms with Gasteiger partial charge in [0, 0.05) is 44.1 Å². The number of halogens is 1. The molecule has 7 heteroatoms. The number of likely N-dealkylation sites (tertiary alicyclic amines) is 1. The van der Waals surface area contributed by atoms with Gasteiger partial charge >= 0.3 is 0 Å². The molecule has 0 spiro atoms. The van der Waals surface area contributed by atoms with E-state index in [0.29, 0.717) is 42.8 Å². The predicted octanol–water partition coefficient (Wildman–Crippen LogP) is 2.96. The van der Waals surface area contributed by atoms with Crippen LogP contribution in [-0.4, -0.2) is 52.4 Å².